The van der Waals surface area contributed by atoms with E-state index in [2.05, 4.69) is 12.2 Å². The second-order valence-corrected chi connectivity index (χ2v) is 6.15. The molecule has 1 aliphatic rings. The molecule has 2 rings (SSSR count). The molecular weight excluding hydrogens is 268 g/mol. The number of non-ortho nitro benzene ring substituents is 1. The maximum atomic E-state index is 11.1. The zero-order valence-electron chi connectivity index (χ0n) is 13.0. The molecule has 116 valence electrons. The molecule has 1 aliphatic carbocycles. The first-order valence-corrected chi connectivity index (χ1v) is 7.68. The van der Waals surface area contributed by atoms with Crippen molar-refractivity contribution in [1.82, 2.24) is 0 Å². The normalized spacial score (nSPS) is 22.1. The average Bonchev–Trinajstić information content (AvgIpc) is 2.40. The van der Waals surface area contributed by atoms with Crippen molar-refractivity contribution in [2.24, 2.45) is 5.92 Å². The van der Waals surface area contributed by atoms with Gasteiger partial charge in [-0.3, -0.25) is 10.1 Å². The lowest BCUT2D eigenvalue weighted by Crippen LogP contribution is -2.30. The van der Waals surface area contributed by atoms with E-state index in [1.807, 2.05) is 19.9 Å². The van der Waals surface area contributed by atoms with Crippen molar-refractivity contribution in [3.8, 4) is 5.75 Å². The summed E-state index contributed by atoms with van der Waals surface area (Å²) in [6.07, 6.45) is 4.81. The predicted octanol–water partition coefficient (Wildman–Crippen LogP) is 4.37. The highest BCUT2D eigenvalue weighted by Crippen LogP contribution is 2.31. The molecule has 1 saturated carbocycles. The summed E-state index contributed by atoms with van der Waals surface area (Å²) in [5.41, 5.74) is 0.845. The van der Waals surface area contributed by atoms with Crippen LogP contribution in [0.2, 0.25) is 0 Å². The smallest absolute Gasteiger partial charge is 0.275 e. The summed E-state index contributed by atoms with van der Waals surface area (Å²) in [6, 6.07) is 5.31. The summed E-state index contributed by atoms with van der Waals surface area (Å²) in [5.74, 6) is 1.14. The number of nitrogens with one attached hydrogen (secondary N) is 1. The summed E-state index contributed by atoms with van der Waals surface area (Å²) in [6.45, 7) is 6.06. The highest BCUT2D eigenvalue weighted by molar-refractivity contribution is 5.57. The van der Waals surface area contributed by atoms with Crippen LogP contribution in [0.4, 0.5) is 11.4 Å². The molecule has 21 heavy (non-hydrogen) atoms. The predicted molar refractivity (Wildman–Crippen MR) is 83.9 cm³/mol. The number of rotatable bonds is 5. The Labute approximate surface area is 125 Å². The van der Waals surface area contributed by atoms with Gasteiger partial charge in [-0.15, -0.1) is 0 Å². The van der Waals surface area contributed by atoms with Crippen LogP contribution in [-0.2, 0) is 0 Å². The van der Waals surface area contributed by atoms with Gasteiger partial charge in [0.25, 0.3) is 5.69 Å². The van der Waals surface area contributed by atoms with Gasteiger partial charge in [0.1, 0.15) is 5.75 Å². The average molecular weight is 292 g/mol. The summed E-state index contributed by atoms with van der Waals surface area (Å²) in [4.78, 5) is 10.7. The summed E-state index contributed by atoms with van der Waals surface area (Å²) >= 11 is 0. The maximum Gasteiger partial charge on any atom is 0.275 e. The highest BCUT2D eigenvalue weighted by atomic mass is 16.6. The van der Waals surface area contributed by atoms with E-state index in [9.17, 15) is 10.1 Å². The van der Waals surface area contributed by atoms with Crippen LogP contribution in [0.5, 0.6) is 5.75 Å². The Morgan fingerprint density at radius 1 is 1.29 bits per heavy atom. The van der Waals surface area contributed by atoms with Crippen molar-refractivity contribution >= 4 is 11.4 Å². The molecule has 1 aromatic carbocycles. The number of nitrogens with zero attached hydrogens (tertiary/aromatic N) is 1. The van der Waals surface area contributed by atoms with E-state index in [4.69, 9.17) is 4.74 Å². The lowest BCUT2D eigenvalue weighted by molar-refractivity contribution is -0.384. The van der Waals surface area contributed by atoms with Gasteiger partial charge >= 0.3 is 0 Å². The van der Waals surface area contributed by atoms with Crippen LogP contribution in [0, 0.1) is 16.0 Å². The third kappa shape index (κ3) is 4.34. The Morgan fingerprint density at radius 3 is 2.62 bits per heavy atom. The van der Waals surface area contributed by atoms with E-state index in [0.29, 0.717) is 17.7 Å². The monoisotopic (exact) mass is 292 g/mol. The second-order valence-electron chi connectivity index (χ2n) is 6.15. The van der Waals surface area contributed by atoms with Gasteiger partial charge in [0.15, 0.2) is 0 Å². The first-order valence-electron chi connectivity index (χ1n) is 7.68. The van der Waals surface area contributed by atoms with Crippen molar-refractivity contribution in [2.75, 3.05) is 5.32 Å². The summed E-state index contributed by atoms with van der Waals surface area (Å²) in [7, 11) is 0. The highest BCUT2D eigenvalue weighted by Gasteiger charge is 2.22. The lowest BCUT2D eigenvalue weighted by Gasteiger charge is -2.30. The van der Waals surface area contributed by atoms with Gasteiger partial charge in [-0.25, -0.2) is 0 Å². The van der Waals surface area contributed by atoms with E-state index < -0.39 is 0 Å². The summed E-state index contributed by atoms with van der Waals surface area (Å²) in [5, 5.41) is 14.5. The molecule has 0 saturated heterocycles. The molecule has 1 aromatic rings. The first kappa shape index (κ1) is 15.6. The van der Waals surface area contributed by atoms with Crippen LogP contribution in [0.3, 0.4) is 0 Å². The van der Waals surface area contributed by atoms with Crippen LogP contribution in [0.1, 0.15) is 46.5 Å². The molecule has 0 aliphatic heterocycles. The van der Waals surface area contributed by atoms with E-state index >= 15 is 0 Å². The van der Waals surface area contributed by atoms with E-state index in [1.165, 1.54) is 25.3 Å². The van der Waals surface area contributed by atoms with Crippen molar-refractivity contribution in [1.29, 1.82) is 0 Å². The van der Waals surface area contributed by atoms with Crippen molar-refractivity contribution in [3.63, 3.8) is 0 Å². The fourth-order valence-corrected chi connectivity index (χ4v) is 2.86. The van der Waals surface area contributed by atoms with Gasteiger partial charge in [-0.1, -0.05) is 19.8 Å². The Balaban J connectivity index is 2.20. The fourth-order valence-electron chi connectivity index (χ4n) is 2.86. The minimum atomic E-state index is -0.372. The number of anilines is 1. The van der Waals surface area contributed by atoms with Gasteiger partial charge in [0.2, 0.25) is 0 Å². The second kappa shape index (κ2) is 6.78. The number of nitro benzene ring substituents is 1. The summed E-state index contributed by atoms with van der Waals surface area (Å²) < 4.78 is 5.62. The molecule has 0 radical (unpaired) electrons. The zero-order valence-corrected chi connectivity index (χ0v) is 13.0. The third-order valence-electron chi connectivity index (χ3n) is 3.94. The number of ether oxygens (including phenoxy) is 1. The van der Waals surface area contributed by atoms with Crippen LogP contribution in [0.25, 0.3) is 0 Å². The Hall–Kier alpha value is -1.78. The molecule has 5 nitrogen and oxygen atoms in total. The third-order valence-corrected chi connectivity index (χ3v) is 3.94. The number of benzene rings is 1. The zero-order chi connectivity index (χ0) is 15.4. The molecule has 2 unspecified atom stereocenters. The first-order chi connectivity index (χ1) is 9.95. The van der Waals surface area contributed by atoms with E-state index in [0.717, 1.165) is 12.1 Å². The standard InChI is InChI=1S/C16H24N2O3/c1-11(2)21-15-9-13(8-14(10-15)18(19)20)17-16-7-5-4-6-12(16)3/h8-12,16-17H,4-7H2,1-3H3. The van der Waals surface area contributed by atoms with Gasteiger partial charge in [0, 0.05) is 23.9 Å². The molecule has 2 atom stereocenters. The SMILES string of the molecule is CC(C)Oc1cc(NC2CCCCC2C)cc([N+](=O)[O-])c1. The number of hydrogen-bond donors (Lipinski definition) is 1. The Kier molecular flexibility index (Phi) is 5.04. The molecule has 0 amide bonds. The van der Waals surface area contributed by atoms with Gasteiger partial charge in [0.05, 0.1) is 17.1 Å². The molecule has 0 heterocycles. The van der Waals surface area contributed by atoms with Gasteiger partial charge in [-0.2, -0.15) is 0 Å². The fraction of sp³-hybridized carbons (Fsp3) is 0.625. The van der Waals surface area contributed by atoms with Gasteiger partial charge in [-0.05, 0) is 32.6 Å². The topological polar surface area (TPSA) is 64.4 Å². The molecular formula is C16H24N2O3. The molecule has 0 bridgehead atoms. The van der Waals surface area contributed by atoms with E-state index in [-0.39, 0.29) is 16.7 Å². The molecule has 1 fully saturated rings. The lowest BCUT2D eigenvalue weighted by atomic mass is 9.86. The van der Waals surface area contributed by atoms with Crippen LogP contribution < -0.4 is 10.1 Å². The van der Waals surface area contributed by atoms with Gasteiger partial charge < -0.3 is 10.1 Å². The molecule has 5 heteroatoms. The molecule has 1 N–H and O–H groups in total. The molecule has 0 aromatic heterocycles. The number of hydrogen-bond acceptors (Lipinski definition) is 4. The minimum absolute atomic E-state index is 0.00606. The van der Waals surface area contributed by atoms with Crippen molar-refractivity contribution < 1.29 is 9.66 Å². The Bertz CT molecular complexity index is 502. The quantitative estimate of drug-likeness (QED) is 0.646. The van der Waals surface area contributed by atoms with Crippen molar-refractivity contribution in [3.05, 3.63) is 28.3 Å². The maximum absolute atomic E-state index is 11.1. The van der Waals surface area contributed by atoms with Crippen molar-refractivity contribution in [2.45, 2.75) is 58.6 Å². The van der Waals surface area contributed by atoms with Crippen LogP contribution >= 0.6 is 0 Å². The minimum Gasteiger partial charge on any atom is -0.491 e. The largest absolute Gasteiger partial charge is 0.491 e. The van der Waals surface area contributed by atoms with E-state index in [1.54, 1.807) is 6.07 Å². The van der Waals surface area contributed by atoms with Crippen LogP contribution in [-0.4, -0.2) is 17.1 Å². The Morgan fingerprint density at radius 2 is 2.00 bits per heavy atom. The number of nitro groups is 1. The van der Waals surface area contributed by atoms with Crippen LogP contribution in [0.15, 0.2) is 18.2 Å². The molecule has 0 spiro atoms.